The Balaban J connectivity index is 1.09. The van der Waals surface area contributed by atoms with E-state index in [1.807, 2.05) is 55.5 Å². The van der Waals surface area contributed by atoms with E-state index in [9.17, 15) is 14.0 Å². The van der Waals surface area contributed by atoms with Crippen LogP contribution in [-0.2, 0) is 4.79 Å². The van der Waals surface area contributed by atoms with Gasteiger partial charge in [-0.25, -0.2) is 4.39 Å². The van der Waals surface area contributed by atoms with Crippen LogP contribution in [0, 0.1) is 12.7 Å². The maximum atomic E-state index is 13.1. The standard InChI is InChI=1S/C28H26FN5O3S/c1-19-3-2-4-21(17-19)26-31-32-28(37-26)38-18-25(35)30-23-9-11-24(12-10-23)33-13-15-34(16-14-33)27(36)20-5-7-22(29)8-6-20/h2-12,17H,13-16,18H2,1H3,(H,30,35). The summed E-state index contributed by atoms with van der Waals surface area (Å²) in [5, 5.41) is 11.3. The number of carbonyl (C=O) groups excluding carboxylic acids is 2. The Morgan fingerprint density at radius 3 is 2.42 bits per heavy atom. The van der Waals surface area contributed by atoms with Gasteiger partial charge in [0.05, 0.1) is 5.75 Å². The molecule has 1 aliphatic rings. The second-order valence-electron chi connectivity index (χ2n) is 8.91. The van der Waals surface area contributed by atoms with Crippen molar-refractivity contribution < 1.29 is 18.4 Å². The molecule has 1 fully saturated rings. The van der Waals surface area contributed by atoms with Crippen molar-refractivity contribution in [3.63, 3.8) is 0 Å². The van der Waals surface area contributed by atoms with Gasteiger partial charge in [-0.05, 0) is 67.6 Å². The van der Waals surface area contributed by atoms with Crippen LogP contribution in [0.4, 0.5) is 15.8 Å². The van der Waals surface area contributed by atoms with Gasteiger partial charge in [0.25, 0.3) is 11.1 Å². The molecule has 0 atom stereocenters. The van der Waals surface area contributed by atoms with E-state index < -0.39 is 0 Å². The average Bonchev–Trinajstić information content (AvgIpc) is 3.42. The molecule has 1 saturated heterocycles. The number of benzene rings is 3. The monoisotopic (exact) mass is 531 g/mol. The highest BCUT2D eigenvalue weighted by atomic mass is 32.2. The molecule has 0 unspecified atom stereocenters. The Hall–Kier alpha value is -4.18. The lowest BCUT2D eigenvalue weighted by atomic mass is 10.1. The zero-order chi connectivity index (χ0) is 26.5. The van der Waals surface area contributed by atoms with Crippen LogP contribution >= 0.6 is 11.8 Å². The molecule has 1 aliphatic heterocycles. The molecule has 0 spiro atoms. The smallest absolute Gasteiger partial charge is 0.277 e. The van der Waals surface area contributed by atoms with Crippen LogP contribution in [0.15, 0.2) is 82.4 Å². The fraction of sp³-hybridized carbons (Fsp3) is 0.214. The van der Waals surface area contributed by atoms with E-state index in [2.05, 4.69) is 20.4 Å². The Kier molecular flexibility index (Phi) is 7.69. The summed E-state index contributed by atoms with van der Waals surface area (Å²) in [6, 6.07) is 21.0. The van der Waals surface area contributed by atoms with Crippen molar-refractivity contribution in [2.45, 2.75) is 12.1 Å². The van der Waals surface area contributed by atoms with Crippen molar-refractivity contribution in [2.75, 3.05) is 42.1 Å². The molecule has 0 radical (unpaired) electrons. The number of carbonyl (C=O) groups is 2. The number of nitrogens with one attached hydrogen (secondary N) is 1. The second-order valence-corrected chi connectivity index (χ2v) is 9.84. The maximum Gasteiger partial charge on any atom is 0.277 e. The first-order valence-electron chi connectivity index (χ1n) is 12.2. The Morgan fingerprint density at radius 2 is 1.71 bits per heavy atom. The summed E-state index contributed by atoms with van der Waals surface area (Å²) in [7, 11) is 0. The molecule has 3 aromatic carbocycles. The first-order chi connectivity index (χ1) is 18.4. The maximum absolute atomic E-state index is 13.1. The summed E-state index contributed by atoms with van der Waals surface area (Å²) >= 11 is 1.18. The summed E-state index contributed by atoms with van der Waals surface area (Å²) in [6.07, 6.45) is 0. The van der Waals surface area contributed by atoms with Crippen LogP contribution in [0.5, 0.6) is 0 Å². The number of rotatable bonds is 7. The lowest BCUT2D eigenvalue weighted by molar-refractivity contribution is -0.113. The molecule has 5 rings (SSSR count). The van der Waals surface area contributed by atoms with Crippen LogP contribution in [0.3, 0.4) is 0 Å². The van der Waals surface area contributed by atoms with Crippen LogP contribution in [0.2, 0.25) is 0 Å². The fourth-order valence-corrected chi connectivity index (χ4v) is 4.75. The summed E-state index contributed by atoms with van der Waals surface area (Å²) in [5.41, 5.74) is 4.13. The molecular formula is C28H26FN5O3S. The third kappa shape index (κ3) is 6.20. The van der Waals surface area contributed by atoms with Crippen molar-refractivity contribution in [1.82, 2.24) is 15.1 Å². The first kappa shape index (κ1) is 25.5. The van der Waals surface area contributed by atoms with Crippen molar-refractivity contribution >= 4 is 35.0 Å². The quantitative estimate of drug-likeness (QED) is 0.340. The largest absolute Gasteiger partial charge is 0.411 e. The van der Waals surface area contributed by atoms with E-state index in [1.165, 1.54) is 36.0 Å². The predicted octanol–water partition coefficient (Wildman–Crippen LogP) is 4.88. The minimum absolute atomic E-state index is 0.0903. The van der Waals surface area contributed by atoms with Gasteiger partial charge < -0.3 is 19.5 Å². The van der Waals surface area contributed by atoms with E-state index >= 15 is 0 Å². The number of nitrogens with zero attached hydrogens (tertiary/aromatic N) is 4. The number of halogens is 1. The zero-order valence-electron chi connectivity index (χ0n) is 20.8. The van der Waals surface area contributed by atoms with Gasteiger partial charge in [0, 0.05) is 48.7 Å². The summed E-state index contributed by atoms with van der Waals surface area (Å²) in [4.78, 5) is 29.1. The Bertz CT molecular complexity index is 1420. The minimum Gasteiger partial charge on any atom is -0.411 e. The van der Waals surface area contributed by atoms with Crippen molar-refractivity contribution in [1.29, 1.82) is 0 Å². The Morgan fingerprint density at radius 1 is 0.974 bits per heavy atom. The Labute approximate surface area is 223 Å². The van der Waals surface area contributed by atoms with Crippen molar-refractivity contribution in [2.24, 2.45) is 0 Å². The molecule has 2 heterocycles. The van der Waals surface area contributed by atoms with E-state index in [-0.39, 0.29) is 23.4 Å². The lowest BCUT2D eigenvalue weighted by Gasteiger charge is -2.36. The lowest BCUT2D eigenvalue weighted by Crippen LogP contribution is -2.48. The SMILES string of the molecule is Cc1cccc(-c2nnc(SCC(=O)Nc3ccc(N4CCN(C(=O)c5ccc(F)cc5)CC4)cc3)o2)c1. The van der Waals surface area contributed by atoms with Crippen LogP contribution < -0.4 is 10.2 Å². The number of anilines is 2. The molecular weight excluding hydrogens is 505 g/mol. The van der Waals surface area contributed by atoms with Gasteiger partial charge >= 0.3 is 0 Å². The van der Waals surface area contributed by atoms with Gasteiger partial charge in [-0.1, -0.05) is 29.5 Å². The van der Waals surface area contributed by atoms with Crippen molar-refractivity contribution in [3.8, 4) is 11.5 Å². The van der Waals surface area contributed by atoms with E-state index in [0.29, 0.717) is 48.5 Å². The van der Waals surface area contributed by atoms with Crippen molar-refractivity contribution in [3.05, 3.63) is 89.7 Å². The average molecular weight is 532 g/mol. The molecule has 0 bridgehead atoms. The van der Waals surface area contributed by atoms with Gasteiger partial charge in [-0.15, -0.1) is 10.2 Å². The topological polar surface area (TPSA) is 91.6 Å². The van der Waals surface area contributed by atoms with E-state index in [1.54, 1.807) is 4.90 Å². The first-order valence-corrected chi connectivity index (χ1v) is 13.2. The molecule has 1 aromatic heterocycles. The van der Waals surface area contributed by atoms with Crippen LogP contribution in [-0.4, -0.2) is 58.8 Å². The third-order valence-corrected chi connectivity index (χ3v) is 6.99. The van der Waals surface area contributed by atoms with Gasteiger partial charge in [0.15, 0.2) is 0 Å². The molecule has 10 heteroatoms. The third-order valence-electron chi connectivity index (χ3n) is 6.17. The fourth-order valence-electron chi connectivity index (χ4n) is 4.19. The van der Waals surface area contributed by atoms with Gasteiger partial charge in [0.1, 0.15) is 5.82 Å². The molecule has 8 nitrogen and oxygen atoms in total. The highest BCUT2D eigenvalue weighted by Crippen LogP contribution is 2.24. The van der Waals surface area contributed by atoms with Crippen LogP contribution in [0.25, 0.3) is 11.5 Å². The van der Waals surface area contributed by atoms with E-state index in [4.69, 9.17) is 4.42 Å². The number of aromatic nitrogens is 2. The highest BCUT2D eigenvalue weighted by Gasteiger charge is 2.22. The number of amides is 2. The van der Waals surface area contributed by atoms with Gasteiger partial charge in [0.2, 0.25) is 11.8 Å². The molecule has 0 aliphatic carbocycles. The normalized spacial score (nSPS) is 13.4. The summed E-state index contributed by atoms with van der Waals surface area (Å²) in [5.74, 6) is -0.0586. The number of piperazine rings is 1. The van der Waals surface area contributed by atoms with Crippen LogP contribution in [0.1, 0.15) is 15.9 Å². The summed E-state index contributed by atoms with van der Waals surface area (Å²) < 4.78 is 18.8. The van der Waals surface area contributed by atoms with Gasteiger partial charge in [-0.3, -0.25) is 9.59 Å². The molecule has 194 valence electrons. The molecule has 1 N–H and O–H groups in total. The number of thioether (sulfide) groups is 1. The summed E-state index contributed by atoms with van der Waals surface area (Å²) in [6.45, 7) is 4.51. The molecule has 4 aromatic rings. The molecule has 0 saturated carbocycles. The second kappa shape index (κ2) is 11.5. The number of hydrogen-bond donors (Lipinski definition) is 1. The molecule has 38 heavy (non-hydrogen) atoms. The predicted molar refractivity (Wildman–Crippen MR) is 145 cm³/mol. The number of aryl methyl sites for hydroxylation is 1. The van der Waals surface area contributed by atoms with Gasteiger partial charge in [-0.2, -0.15) is 0 Å². The number of hydrogen-bond acceptors (Lipinski definition) is 7. The van der Waals surface area contributed by atoms with E-state index in [0.717, 1.165) is 16.8 Å². The molecule has 2 amide bonds. The zero-order valence-corrected chi connectivity index (χ0v) is 21.6. The highest BCUT2D eigenvalue weighted by molar-refractivity contribution is 7.99. The minimum atomic E-state index is -0.357.